The molecule has 218 valence electrons. The van der Waals surface area contributed by atoms with Crippen LogP contribution in [0.4, 0.5) is 0 Å². The minimum atomic E-state index is -4.00. The number of fused-ring (bicyclic) bond motifs is 1. The first kappa shape index (κ1) is 30.0. The number of carbonyl (C=O) groups is 1. The molecule has 2 heterocycles. The third kappa shape index (κ3) is 6.82. The molecule has 2 aromatic carbocycles. The molecule has 1 atom stereocenters. The highest BCUT2D eigenvalue weighted by Crippen LogP contribution is 2.27. The van der Waals surface area contributed by atoms with E-state index in [1.165, 1.54) is 16.4 Å². The summed E-state index contributed by atoms with van der Waals surface area (Å²) in [6, 6.07) is 12.5. The standard InChI is InChI=1S/C26H34N4O8S2/c1-3-16-39(33,34)30-14-12-29(13-15-30)24(26(31)28-32)17-27-40(35,36)21-10-8-20(9-11-21)37-18-23-19(2)38-25-7-5-4-6-22(23)25/h4-11,24,27,32H,3,12-18H2,1-2H3,(H,28,31)/t24-/m0/s1. The molecule has 1 amide bonds. The predicted molar refractivity (Wildman–Crippen MR) is 148 cm³/mol. The van der Waals surface area contributed by atoms with Gasteiger partial charge in [0.2, 0.25) is 20.0 Å². The molecule has 0 unspecified atom stereocenters. The molecule has 1 aromatic heterocycles. The number of amides is 1. The fourth-order valence-electron chi connectivity index (χ4n) is 4.69. The highest BCUT2D eigenvalue weighted by atomic mass is 32.2. The summed E-state index contributed by atoms with van der Waals surface area (Å²) >= 11 is 0. The van der Waals surface area contributed by atoms with Gasteiger partial charge in [0.25, 0.3) is 5.91 Å². The van der Waals surface area contributed by atoms with E-state index in [1.807, 2.05) is 31.2 Å². The van der Waals surface area contributed by atoms with Gasteiger partial charge in [-0.1, -0.05) is 25.1 Å². The minimum Gasteiger partial charge on any atom is -0.489 e. The average Bonchev–Trinajstić information content (AvgIpc) is 3.27. The Morgan fingerprint density at radius 1 is 1.05 bits per heavy atom. The van der Waals surface area contributed by atoms with Crippen LogP contribution in [-0.2, 0) is 31.4 Å². The summed E-state index contributed by atoms with van der Waals surface area (Å²) in [7, 11) is -7.38. The van der Waals surface area contributed by atoms with Gasteiger partial charge >= 0.3 is 0 Å². The highest BCUT2D eigenvalue weighted by Gasteiger charge is 2.33. The molecule has 3 aromatic rings. The van der Waals surface area contributed by atoms with Crippen LogP contribution >= 0.6 is 0 Å². The number of hydroxylamine groups is 1. The first-order chi connectivity index (χ1) is 19.1. The zero-order valence-corrected chi connectivity index (χ0v) is 24.0. The lowest BCUT2D eigenvalue weighted by Gasteiger charge is -2.37. The predicted octanol–water partition coefficient (Wildman–Crippen LogP) is 1.83. The number of rotatable bonds is 12. The maximum absolute atomic E-state index is 13.0. The number of carbonyl (C=O) groups excluding carboxylic acids is 1. The fraction of sp³-hybridized carbons (Fsp3) is 0.423. The lowest BCUT2D eigenvalue weighted by atomic mass is 10.1. The van der Waals surface area contributed by atoms with Crippen molar-refractivity contribution >= 4 is 36.9 Å². The molecule has 0 bridgehead atoms. The van der Waals surface area contributed by atoms with Crippen molar-refractivity contribution in [2.24, 2.45) is 0 Å². The Kier molecular flexibility index (Phi) is 9.48. The summed E-state index contributed by atoms with van der Waals surface area (Å²) < 4.78 is 66.0. The number of piperazine rings is 1. The van der Waals surface area contributed by atoms with Crippen LogP contribution in [-0.4, -0.2) is 81.7 Å². The third-order valence-electron chi connectivity index (χ3n) is 6.87. The number of furan rings is 1. The van der Waals surface area contributed by atoms with Gasteiger partial charge in [-0.2, -0.15) is 4.31 Å². The highest BCUT2D eigenvalue weighted by molar-refractivity contribution is 7.89. The molecule has 0 aliphatic carbocycles. The summed E-state index contributed by atoms with van der Waals surface area (Å²) in [6.07, 6.45) is 0.494. The van der Waals surface area contributed by atoms with Crippen LogP contribution in [0.25, 0.3) is 11.0 Å². The van der Waals surface area contributed by atoms with Gasteiger partial charge in [-0.15, -0.1) is 0 Å². The molecule has 1 saturated heterocycles. The first-order valence-corrected chi connectivity index (χ1v) is 16.0. The van der Waals surface area contributed by atoms with Crippen LogP contribution < -0.4 is 14.9 Å². The van der Waals surface area contributed by atoms with Crippen molar-refractivity contribution in [3.63, 3.8) is 0 Å². The average molecular weight is 595 g/mol. The van der Waals surface area contributed by atoms with Crippen molar-refractivity contribution in [3.05, 3.63) is 59.9 Å². The van der Waals surface area contributed by atoms with Gasteiger partial charge in [0.05, 0.1) is 10.6 Å². The molecular formula is C26H34N4O8S2. The summed E-state index contributed by atoms with van der Waals surface area (Å²) in [5.41, 5.74) is 3.25. The third-order valence-corrected chi connectivity index (χ3v) is 10.4. The second-order valence-corrected chi connectivity index (χ2v) is 13.3. The van der Waals surface area contributed by atoms with Crippen molar-refractivity contribution < 1.29 is 36.0 Å². The smallest absolute Gasteiger partial charge is 0.262 e. The molecule has 4 rings (SSSR count). The number of nitrogens with one attached hydrogen (secondary N) is 2. The quantitative estimate of drug-likeness (QED) is 0.210. The maximum Gasteiger partial charge on any atom is 0.262 e. The molecule has 1 aliphatic rings. The van der Waals surface area contributed by atoms with Crippen LogP contribution in [0.15, 0.2) is 57.8 Å². The number of hydrogen-bond donors (Lipinski definition) is 3. The Morgan fingerprint density at radius 2 is 1.73 bits per heavy atom. The van der Waals surface area contributed by atoms with E-state index in [-0.39, 0.29) is 50.0 Å². The van der Waals surface area contributed by atoms with E-state index in [1.54, 1.807) is 29.4 Å². The summed E-state index contributed by atoms with van der Waals surface area (Å²) in [5.74, 6) is 0.461. The van der Waals surface area contributed by atoms with Crippen LogP contribution in [0.3, 0.4) is 0 Å². The number of benzene rings is 2. The number of nitrogens with zero attached hydrogens (tertiary/aromatic N) is 2. The number of ether oxygens (including phenoxy) is 1. The monoisotopic (exact) mass is 594 g/mol. The van der Waals surface area contributed by atoms with E-state index in [2.05, 4.69) is 4.72 Å². The fourth-order valence-corrected chi connectivity index (χ4v) is 7.22. The zero-order chi connectivity index (χ0) is 28.9. The van der Waals surface area contributed by atoms with Gasteiger partial charge in [-0.3, -0.25) is 14.9 Å². The van der Waals surface area contributed by atoms with Gasteiger partial charge < -0.3 is 9.15 Å². The van der Waals surface area contributed by atoms with E-state index in [0.29, 0.717) is 12.2 Å². The Balaban J connectivity index is 1.37. The maximum atomic E-state index is 13.0. The molecule has 0 radical (unpaired) electrons. The SMILES string of the molecule is CCCS(=O)(=O)N1CCN([C@@H](CNS(=O)(=O)c2ccc(OCc3c(C)oc4ccccc34)cc2)C(=O)NO)CC1. The number of para-hydroxylation sites is 1. The van der Waals surface area contributed by atoms with Crippen molar-refractivity contribution in [1.82, 2.24) is 19.4 Å². The Labute approximate surface area is 234 Å². The molecule has 1 aliphatic heterocycles. The van der Waals surface area contributed by atoms with Gasteiger partial charge in [-0.25, -0.2) is 27.0 Å². The second kappa shape index (κ2) is 12.7. The minimum absolute atomic E-state index is 0.0246. The van der Waals surface area contributed by atoms with Gasteiger partial charge in [0, 0.05) is 43.7 Å². The Hall–Kier alpha value is -3.01. The van der Waals surface area contributed by atoms with Crippen LogP contribution in [0.5, 0.6) is 5.75 Å². The lowest BCUT2D eigenvalue weighted by Crippen LogP contribution is -2.58. The Morgan fingerprint density at radius 3 is 2.38 bits per heavy atom. The first-order valence-electron chi connectivity index (χ1n) is 12.9. The van der Waals surface area contributed by atoms with E-state index in [9.17, 15) is 26.8 Å². The molecular weight excluding hydrogens is 560 g/mol. The van der Waals surface area contributed by atoms with Crippen molar-refractivity contribution in [3.8, 4) is 5.75 Å². The van der Waals surface area contributed by atoms with E-state index in [0.717, 1.165) is 22.3 Å². The van der Waals surface area contributed by atoms with Crippen molar-refractivity contribution in [2.45, 2.75) is 37.8 Å². The summed E-state index contributed by atoms with van der Waals surface area (Å²) in [5, 5.41) is 10.2. The van der Waals surface area contributed by atoms with E-state index in [4.69, 9.17) is 9.15 Å². The van der Waals surface area contributed by atoms with Crippen molar-refractivity contribution in [1.29, 1.82) is 0 Å². The van der Waals surface area contributed by atoms with Crippen LogP contribution in [0.2, 0.25) is 0 Å². The van der Waals surface area contributed by atoms with Crippen molar-refractivity contribution in [2.75, 3.05) is 38.5 Å². The number of hydrogen-bond acceptors (Lipinski definition) is 9. The zero-order valence-electron chi connectivity index (χ0n) is 22.4. The van der Waals surface area contributed by atoms with Gasteiger partial charge in [-0.05, 0) is 43.7 Å². The summed E-state index contributed by atoms with van der Waals surface area (Å²) in [4.78, 5) is 14.0. The normalized spacial score (nSPS) is 16.2. The van der Waals surface area contributed by atoms with E-state index < -0.39 is 32.0 Å². The van der Waals surface area contributed by atoms with Gasteiger partial charge in [0.15, 0.2) is 0 Å². The lowest BCUT2D eigenvalue weighted by molar-refractivity contribution is -0.135. The second-order valence-electron chi connectivity index (χ2n) is 9.49. The number of aryl methyl sites for hydroxylation is 1. The molecule has 40 heavy (non-hydrogen) atoms. The molecule has 0 saturated carbocycles. The van der Waals surface area contributed by atoms with Crippen LogP contribution in [0.1, 0.15) is 24.7 Å². The molecule has 3 N–H and O–H groups in total. The molecule has 14 heteroatoms. The number of sulfonamides is 2. The topological polar surface area (TPSA) is 158 Å². The summed E-state index contributed by atoms with van der Waals surface area (Å²) in [6.45, 7) is 4.32. The molecule has 1 fully saturated rings. The van der Waals surface area contributed by atoms with E-state index >= 15 is 0 Å². The van der Waals surface area contributed by atoms with Gasteiger partial charge in [0.1, 0.15) is 29.7 Å². The molecule has 0 spiro atoms. The largest absolute Gasteiger partial charge is 0.489 e. The van der Waals surface area contributed by atoms with Crippen LogP contribution in [0, 0.1) is 6.92 Å². The molecule has 12 nitrogen and oxygen atoms in total. The Bertz CT molecular complexity index is 1530.